The lowest BCUT2D eigenvalue weighted by Crippen LogP contribution is -2.37. The maximum absolute atomic E-state index is 4.48. The van der Waals surface area contributed by atoms with Crippen molar-refractivity contribution in [3.8, 4) is 0 Å². The molecule has 0 saturated carbocycles. The highest BCUT2D eigenvalue weighted by Crippen LogP contribution is 2.34. The number of hydrogen-bond acceptors (Lipinski definition) is 2. The molecule has 1 unspecified atom stereocenters. The first-order valence-electron chi connectivity index (χ1n) is 7.12. The average molecular weight is 319 g/mol. The average Bonchev–Trinajstić information content (AvgIpc) is 2.54. The summed E-state index contributed by atoms with van der Waals surface area (Å²) in [5.74, 6) is 0. The summed E-state index contributed by atoms with van der Waals surface area (Å²) in [5, 5.41) is 0.179. The largest absolute Gasteiger partial charge is 0.111 e. The van der Waals surface area contributed by atoms with Crippen molar-refractivity contribution in [3.05, 3.63) is 71.8 Å². The molecule has 1 atom stereocenters. The van der Waals surface area contributed by atoms with Crippen LogP contribution in [0.2, 0.25) is 0 Å². The zero-order valence-corrected chi connectivity index (χ0v) is 15.2. The smallest absolute Gasteiger partial charge is 0.0541 e. The van der Waals surface area contributed by atoms with Crippen molar-refractivity contribution in [1.82, 2.24) is 0 Å². The summed E-state index contributed by atoms with van der Waals surface area (Å²) in [6, 6.07) is 21.9. The van der Waals surface area contributed by atoms with Crippen molar-refractivity contribution in [2.24, 2.45) is 0 Å². The van der Waals surface area contributed by atoms with Crippen LogP contribution in [-0.4, -0.2) is 14.4 Å². The first kappa shape index (κ1) is 15.7. The van der Waals surface area contributed by atoms with E-state index in [2.05, 4.69) is 86.2 Å². The Hall–Kier alpha value is -0.643. The number of hydrogen-bond donors (Lipinski definition) is 1. The van der Waals surface area contributed by atoms with E-state index < -0.39 is 0 Å². The van der Waals surface area contributed by atoms with Gasteiger partial charge in [0.2, 0.25) is 0 Å². The quantitative estimate of drug-likeness (QED) is 0.467. The molecule has 2 rings (SSSR count). The van der Waals surface area contributed by atoms with Gasteiger partial charge in [-0.1, -0.05) is 85.3 Å². The van der Waals surface area contributed by atoms with Gasteiger partial charge in [0.25, 0.3) is 0 Å². The van der Waals surface area contributed by atoms with Gasteiger partial charge in [-0.2, -0.15) is 0 Å². The minimum absolute atomic E-state index is 0.179. The van der Waals surface area contributed by atoms with Gasteiger partial charge in [0.1, 0.15) is 0 Å². The highest BCUT2D eigenvalue weighted by molar-refractivity contribution is 8.69. The molecule has 0 heterocycles. The first-order chi connectivity index (χ1) is 9.70. The normalized spacial score (nSPS) is 13.8. The Bertz CT molecular complexity index is 470. The first-order valence-corrected chi connectivity index (χ1v) is 10.6. The van der Waals surface area contributed by atoms with Crippen LogP contribution in [-0.2, 0) is 5.04 Å². The van der Waals surface area contributed by atoms with Gasteiger partial charge in [-0.15, -0.1) is 11.7 Å². The van der Waals surface area contributed by atoms with Crippen LogP contribution < -0.4 is 0 Å². The summed E-state index contributed by atoms with van der Waals surface area (Å²) in [7, 11) is 1.38. The number of thiol groups is 1. The summed E-state index contributed by atoms with van der Waals surface area (Å²) in [5.41, 5.74) is 2.89. The maximum atomic E-state index is 4.48. The molecule has 0 aliphatic carbocycles. The third-order valence-electron chi connectivity index (χ3n) is 4.06. The summed E-state index contributed by atoms with van der Waals surface area (Å²) in [4.78, 5) is 0.698. The second-order valence-electron chi connectivity index (χ2n) is 5.40. The van der Waals surface area contributed by atoms with E-state index in [1.165, 1.54) is 17.5 Å². The molecule has 0 radical (unpaired) electrons. The molecule has 0 nitrogen and oxygen atoms in total. The molecule has 20 heavy (non-hydrogen) atoms. The summed E-state index contributed by atoms with van der Waals surface area (Å²) in [6.45, 7) is 4.69. The van der Waals surface area contributed by atoms with E-state index in [0.29, 0.717) is 4.87 Å². The standard InChI is InChI=1S/C17H22S2Si/c1-3-16(19-18)20-17(2,14-10-6-4-7-11-14)15-12-8-5-9-13-15/h4-13,16,18H,3,20H2,1-2H3. The van der Waals surface area contributed by atoms with Gasteiger partial charge in [0.15, 0.2) is 0 Å². The SMILES string of the molecule is CCC([SiH2]C(C)(c1ccccc1)c1ccccc1)SS. The monoisotopic (exact) mass is 318 g/mol. The summed E-state index contributed by atoms with van der Waals surface area (Å²) >= 11 is 4.48. The van der Waals surface area contributed by atoms with E-state index in [1.807, 2.05) is 0 Å². The number of rotatable bonds is 6. The molecule has 0 bridgehead atoms. The third-order valence-corrected chi connectivity index (χ3v) is 10.1. The van der Waals surface area contributed by atoms with E-state index in [9.17, 15) is 0 Å². The Labute approximate surface area is 134 Å². The molecule has 0 aliphatic rings. The summed E-state index contributed by atoms with van der Waals surface area (Å²) < 4.78 is 0. The molecular formula is C17H22S2Si. The van der Waals surface area contributed by atoms with Crippen LogP contribution in [0, 0.1) is 0 Å². The second-order valence-corrected chi connectivity index (χ2v) is 10.3. The molecule has 0 spiro atoms. The van der Waals surface area contributed by atoms with Gasteiger partial charge in [-0.25, -0.2) is 0 Å². The van der Waals surface area contributed by atoms with Crippen LogP contribution >= 0.6 is 22.5 Å². The Kier molecular flexibility index (Phi) is 5.82. The fraction of sp³-hybridized carbons (Fsp3) is 0.294. The molecular weight excluding hydrogens is 296 g/mol. The molecule has 0 aliphatic heterocycles. The summed E-state index contributed by atoms with van der Waals surface area (Å²) in [6.07, 6.45) is 1.20. The maximum Gasteiger partial charge on any atom is 0.0541 e. The fourth-order valence-corrected chi connectivity index (χ4v) is 7.43. The lowest BCUT2D eigenvalue weighted by molar-refractivity contribution is 0.791. The van der Waals surface area contributed by atoms with Crippen LogP contribution in [0.5, 0.6) is 0 Å². The predicted octanol–water partition coefficient (Wildman–Crippen LogP) is 4.43. The van der Waals surface area contributed by atoms with Gasteiger partial charge in [0.05, 0.1) is 9.52 Å². The van der Waals surface area contributed by atoms with Crippen LogP contribution in [0.4, 0.5) is 0 Å². The number of benzene rings is 2. The Morgan fingerprint density at radius 1 is 1.00 bits per heavy atom. The zero-order valence-electron chi connectivity index (χ0n) is 12.1. The molecule has 3 heteroatoms. The third kappa shape index (κ3) is 3.51. The highest BCUT2D eigenvalue weighted by atomic mass is 33.1. The Morgan fingerprint density at radius 2 is 1.45 bits per heavy atom. The van der Waals surface area contributed by atoms with Crippen LogP contribution in [0.1, 0.15) is 31.4 Å². The van der Waals surface area contributed by atoms with E-state index in [0.717, 1.165) is 0 Å². The van der Waals surface area contributed by atoms with Crippen LogP contribution in [0.3, 0.4) is 0 Å². The highest BCUT2D eigenvalue weighted by Gasteiger charge is 2.31. The molecule has 0 N–H and O–H groups in total. The molecule has 0 amide bonds. The van der Waals surface area contributed by atoms with Crippen LogP contribution in [0.25, 0.3) is 0 Å². The lowest BCUT2D eigenvalue weighted by atomic mass is 9.92. The lowest BCUT2D eigenvalue weighted by Gasteiger charge is -2.33. The van der Waals surface area contributed by atoms with Crippen molar-refractivity contribution < 1.29 is 0 Å². The zero-order chi connectivity index (χ0) is 14.4. The van der Waals surface area contributed by atoms with Crippen LogP contribution in [0.15, 0.2) is 60.7 Å². The van der Waals surface area contributed by atoms with Crippen molar-refractivity contribution >= 4 is 32.0 Å². The molecule has 106 valence electrons. The van der Waals surface area contributed by atoms with Gasteiger partial charge >= 0.3 is 0 Å². The van der Waals surface area contributed by atoms with E-state index in [1.54, 1.807) is 10.8 Å². The van der Waals surface area contributed by atoms with Gasteiger partial charge < -0.3 is 0 Å². The molecule has 0 fully saturated rings. The molecule has 0 saturated heterocycles. The Balaban J connectivity index is 2.43. The van der Waals surface area contributed by atoms with Crippen molar-refractivity contribution in [2.45, 2.75) is 30.2 Å². The second kappa shape index (κ2) is 7.39. The van der Waals surface area contributed by atoms with E-state index in [-0.39, 0.29) is 14.6 Å². The molecule has 2 aromatic rings. The van der Waals surface area contributed by atoms with Gasteiger partial charge in [0, 0.05) is 9.91 Å². The van der Waals surface area contributed by atoms with Crippen molar-refractivity contribution in [1.29, 1.82) is 0 Å². The minimum Gasteiger partial charge on any atom is -0.111 e. The van der Waals surface area contributed by atoms with Gasteiger partial charge in [-0.05, 0) is 17.5 Å². The Morgan fingerprint density at radius 3 is 1.80 bits per heavy atom. The molecule has 2 aromatic carbocycles. The topological polar surface area (TPSA) is 0 Å². The van der Waals surface area contributed by atoms with Gasteiger partial charge in [-0.3, -0.25) is 0 Å². The van der Waals surface area contributed by atoms with E-state index >= 15 is 0 Å². The van der Waals surface area contributed by atoms with Crippen molar-refractivity contribution in [3.63, 3.8) is 0 Å². The molecule has 0 aromatic heterocycles. The van der Waals surface area contributed by atoms with E-state index in [4.69, 9.17) is 0 Å². The predicted molar refractivity (Wildman–Crippen MR) is 98.5 cm³/mol. The minimum atomic E-state index is -0.367. The fourth-order valence-electron chi connectivity index (χ4n) is 2.73. The van der Waals surface area contributed by atoms with Crippen molar-refractivity contribution in [2.75, 3.05) is 0 Å².